The molecule has 1 unspecified atom stereocenters. The molecule has 14 heavy (non-hydrogen) atoms. The summed E-state index contributed by atoms with van der Waals surface area (Å²) >= 11 is 3.55. The highest BCUT2D eigenvalue weighted by atomic mass is 79.9. The molecule has 0 aliphatic heterocycles. The molecule has 2 nitrogen and oxygen atoms in total. The summed E-state index contributed by atoms with van der Waals surface area (Å²) in [6, 6.07) is 0. The van der Waals surface area contributed by atoms with E-state index in [0.29, 0.717) is 10.7 Å². The second-order valence-corrected chi connectivity index (χ2v) is 5.90. The van der Waals surface area contributed by atoms with Crippen molar-refractivity contribution in [3.05, 3.63) is 0 Å². The summed E-state index contributed by atoms with van der Waals surface area (Å²) in [4.78, 5) is 2.93. The van der Waals surface area contributed by atoms with Crippen molar-refractivity contribution in [1.29, 1.82) is 0 Å². The van der Waals surface area contributed by atoms with Crippen molar-refractivity contribution in [2.45, 2.75) is 32.0 Å². The van der Waals surface area contributed by atoms with E-state index in [1.54, 1.807) is 0 Å². The van der Waals surface area contributed by atoms with Crippen LogP contribution in [0.2, 0.25) is 0 Å². The summed E-state index contributed by atoms with van der Waals surface area (Å²) in [5.41, 5.74) is 0. The van der Waals surface area contributed by atoms with E-state index in [4.69, 9.17) is 4.74 Å². The zero-order valence-corrected chi connectivity index (χ0v) is 11.5. The van der Waals surface area contributed by atoms with Crippen LogP contribution >= 0.6 is 15.9 Å². The maximum Gasteiger partial charge on any atom is 0.0593 e. The molecule has 0 aromatic rings. The van der Waals surface area contributed by atoms with Crippen molar-refractivity contribution in [2.75, 3.05) is 33.4 Å². The summed E-state index contributed by atoms with van der Waals surface area (Å²) in [6.45, 7) is 10.4. The first-order chi connectivity index (χ1) is 6.52. The Labute approximate surface area is 97.1 Å². The van der Waals surface area contributed by atoms with Crippen molar-refractivity contribution in [1.82, 2.24) is 4.90 Å². The molecule has 0 N–H and O–H groups in total. The Hall–Kier alpha value is 0.400. The maximum absolute atomic E-state index is 5.52. The third kappa shape index (κ3) is 10.5. The second-order valence-electron chi connectivity index (χ2n) is 4.34. The number of ether oxygens (including phenoxy) is 1. The number of nitrogens with zero attached hydrogens (tertiary/aromatic N) is 1. The summed E-state index contributed by atoms with van der Waals surface area (Å²) in [7, 11) is 2.15. The Bertz CT molecular complexity index is 128. The molecule has 0 fully saturated rings. The highest BCUT2D eigenvalue weighted by molar-refractivity contribution is 9.09. The fourth-order valence-corrected chi connectivity index (χ4v) is 1.25. The number of rotatable bonds is 8. The first-order valence-electron chi connectivity index (χ1n) is 5.42. The Balaban J connectivity index is 3.22. The monoisotopic (exact) mass is 265 g/mol. The molecule has 0 aliphatic rings. The standard InChI is InChI=1S/C11H24BrNO/c1-10(2)9-14-8-7-13(4)6-5-11(3)12/h10-11H,5-9H2,1-4H3. The van der Waals surface area contributed by atoms with Gasteiger partial charge in [-0.1, -0.05) is 36.7 Å². The van der Waals surface area contributed by atoms with Crippen molar-refractivity contribution >= 4 is 15.9 Å². The first kappa shape index (κ1) is 14.4. The van der Waals surface area contributed by atoms with Crippen LogP contribution in [-0.2, 0) is 4.74 Å². The van der Waals surface area contributed by atoms with Crippen LogP contribution in [0.5, 0.6) is 0 Å². The highest BCUT2D eigenvalue weighted by Crippen LogP contribution is 2.03. The van der Waals surface area contributed by atoms with Gasteiger partial charge in [0.15, 0.2) is 0 Å². The molecule has 0 radical (unpaired) electrons. The molecule has 0 aliphatic carbocycles. The lowest BCUT2D eigenvalue weighted by atomic mass is 10.2. The Kier molecular flexibility index (Phi) is 8.94. The molecule has 0 rings (SSSR count). The number of alkyl halides is 1. The SMILES string of the molecule is CC(C)COCCN(C)CCC(C)Br. The summed E-state index contributed by atoms with van der Waals surface area (Å²) in [6.07, 6.45) is 1.20. The molecule has 0 amide bonds. The van der Waals surface area contributed by atoms with Gasteiger partial charge in [0.25, 0.3) is 0 Å². The van der Waals surface area contributed by atoms with E-state index in [2.05, 4.69) is 48.6 Å². The van der Waals surface area contributed by atoms with Gasteiger partial charge in [-0.05, 0) is 25.9 Å². The Morgan fingerprint density at radius 2 is 1.86 bits per heavy atom. The maximum atomic E-state index is 5.52. The lowest BCUT2D eigenvalue weighted by Gasteiger charge is -2.17. The lowest BCUT2D eigenvalue weighted by molar-refractivity contribution is 0.0914. The van der Waals surface area contributed by atoms with Gasteiger partial charge >= 0.3 is 0 Å². The van der Waals surface area contributed by atoms with Crippen LogP contribution in [-0.4, -0.2) is 43.1 Å². The van der Waals surface area contributed by atoms with Crippen molar-refractivity contribution in [3.63, 3.8) is 0 Å². The van der Waals surface area contributed by atoms with Gasteiger partial charge in [-0.25, -0.2) is 0 Å². The lowest BCUT2D eigenvalue weighted by Crippen LogP contribution is -2.26. The van der Waals surface area contributed by atoms with Crippen molar-refractivity contribution in [2.24, 2.45) is 5.92 Å². The minimum Gasteiger partial charge on any atom is -0.380 e. The molecular formula is C11H24BrNO. The minimum atomic E-state index is 0.613. The van der Waals surface area contributed by atoms with Gasteiger partial charge in [0.2, 0.25) is 0 Å². The fourth-order valence-electron chi connectivity index (χ4n) is 1.05. The predicted molar refractivity (Wildman–Crippen MR) is 66.2 cm³/mol. The van der Waals surface area contributed by atoms with Gasteiger partial charge in [0, 0.05) is 18.0 Å². The number of hydrogen-bond donors (Lipinski definition) is 0. The second kappa shape index (κ2) is 8.69. The van der Waals surface area contributed by atoms with Gasteiger partial charge in [-0.3, -0.25) is 0 Å². The summed E-state index contributed by atoms with van der Waals surface area (Å²) in [5, 5.41) is 0. The molecule has 0 spiro atoms. The van der Waals surface area contributed by atoms with E-state index in [1.807, 2.05) is 0 Å². The van der Waals surface area contributed by atoms with Crippen LogP contribution in [0, 0.1) is 5.92 Å². The van der Waals surface area contributed by atoms with Gasteiger partial charge in [0.05, 0.1) is 6.61 Å². The van der Waals surface area contributed by atoms with Crippen LogP contribution in [0.1, 0.15) is 27.2 Å². The van der Waals surface area contributed by atoms with Crippen LogP contribution in [0.3, 0.4) is 0 Å². The fraction of sp³-hybridized carbons (Fsp3) is 1.00. The zero-order chi connectivity index (χ0) is 11.0. The molecule has 0 saturated carbocycles. The average molecular weight is 266 g/mol. The molecular weight excluding hydrogens is 242 g/mol. The normalized spacial score (nSPS) is 13.9. The quantitative estimate of drug-likeness (QED) is 0.495. The van der Waals surface area contributed by atoms with E-state index in [-0.39, 0.29) is 0 Å². The van der Waals surface area contributed by atoms with Crippen LogP contribution in [0.4, 0.5) is 0 Å². The molecule has 0 heterocycles. The van der Waals surface area contributed by atoms with Gasteiger partial charge < -0.3 is 9.64 Å². The molecule has 0 saturated heterocycles. The molecule has 86 valence electrons. The van der Waals surface area contributed by atoms with E-state index >= 15 is 0 Å². The van der Waals surface area contributed by atoms with E-state index in [1.165, 1.54) is 6.42 Å². The third-order valence-electron chi connectivity index (χ3n) is 1.98. The molecule has 0 aromatic carbocycles. The third-order valence-corrected chi connectivity index (χ3v) is 2.43. The molecule has 3 heteroatoms. The zero-order valence-electron chi connectivity index (χ0n) is 9.92. The smallest absolute Gasteiger partial charge is 0.0593 e. The van der Waals surface area contributed by atoms with Crippen LogP contribution in [0.25, 0.3) is 0 Å². The predicted octanol–water partition coefficient (Wildman–Crippen LogP) is 2.76. The number of hydrogen-bond acceptors (Lipinski definition) is 2. The average Bonchev–Trinajstić information content (AvgIpc) is 2.08. The molecule has 0 bridgehead atoms. The number of likely N-dealkylation sites (N-methyl/N-ethyl adjacent to an activating group) is 1. The number of halogens is 1. The van der Waals surface area contributed by atoms with Gasteiger partial charge in [-0.2, -0.15) is 0 Å². The first-order valence-corrected chi connectivity index (χ1v) is 6.34. The minimum absolute atomic E-state index is 0.613. The van der Waals surface area contributed by atoms with E-state index < -0.39 is 0 Å². The summed E-state index contributed by atoms with van der Waals surface area (Å²) < 4.78 is 5.52. The van der Waals surface area contributed by atoms with Crippen LogP contribution in [0.15, 0.2) is 0 Å². The van der Waals surface area contributed by atoms with Crippen molar-refractivity contribution in [3.8, 4) is 0 Å². The van der Waals surface area contributed by atoms with E-state index in [9.17, 15) is 0 Å². The van der Waals surface area contributed by atoms with E-state index in [0.717, 1.165) is 26.3 Å². The van der Waals surface area contributed by atoms with Crippen molar-refractivity contribution < 1.29 is 4.74 Å². The summed E-state index contributed by atoms with van der Waals surface area (Å²) in [5.74, 6) is 0.642. The largest absolute Gasteiger partial charge is 0.380 e. The van der Waals surface area contributed by atoms with Gasteiger partial charge in [-0.15, -0.1) is 0 Å². The highest BCUT2D eigenvalue weighted by Gasteiger charge is 2.01. The topological polar surface area (TPSA) is 12.5 Å². The molecule has 0 aromatic heterocycles. The Morgan fingerprint density at radius 1 is 1.21 bits per heavy atom. The van der Waals surface area contributed by atoms with Gasteiger partial charge in [0.1, 0.15) is 0 Å². The Morgan fingerprint density at radius 3 is 2.36 bits per heavy atom. The van der Waals surface area contributed by atoms with Crippen LogP contribution < -0.4 is 0 Å². The molecule has 1 atom stereocenters.